The Hall–Kier alpha value is -0.820. The maximum Gasteiger partial charge on any atom is 0.363 e. The molecule has 0 unspecified atom stereocenters. The molecule has 100 valence electrons. The summed E-state index contributed by atoms with van der Waals surface area (Å²) in [5.41, 5.74) is 0. The van der Waals surface area contributed by atoms with Gasteiger partial charge in [-0.3, -0.25) is 4.55 Å². The summed E-state index contributed by atoms with van der Waals surface area (Å²) < 4.78 is 32.2. The van der Waals surface area contributed by atoms with Crippen LogP contribution in [0.1, 0.15) is 44.9 Å². The van der Waals surface area contributed by atoms with E-state index in [9.17, 15) is 13.2 Å². The van der Waals surface area contributed by atoms with Crippen molar-refractivity contribution >= 4 is 16.3 Å². The van der Waals surface area contributed by atoms with E-state index in [1.165, 1.54) is 7.05 Å². The number of carbonyl (C=O) groups excluding carboxylic acids is 1. The Kier molecular flexibility index (Phi) is 5.20. The van der Waals surface area contributed by atoms with Gasteiger partial charge >= 0.3 is 16.3 Å². The van der Waals surface area contributed by atoms with Crippen LogP contribution in [0.4, 0.5) is 4.79 Å². The number of rotatable bonds is 2. The zero-order chi connectivity index (χ0) is 12.9. The summed E-state index contributed by atoms with van der Waals surface area (Å²) in [5.74, 6) is 0. The Bertz CT molecular complexity index is 347. The van der Waals surface area contributed by atoms with Crippen molar-refractivity contribution in [1.82, 2.24) is 9.62 Å². The quantitative estimate of drug-likeness (QED) is 0.741. The lowest BCUT2D eigenvalue weighted by molar-refractivity contribution is 0.199. The Balaban J connectivity index is 2.84. The number of nitrogens with one attached hydrogen (secondary N) is 1. The molecule has 1 aliphatic rings. The fourth-order valence-electron chi connectivity index (χ4n) is 2.24. The molecular weight excluding hydrogens is 244 g/mol. The third-order valence-corrected chi connectivity index (χ3v) is 4.03. The Morgan fingerprint density at radius 3 is 2.06 bits per heavy atom. The van der Waals surface area contributed by atoms with Gasteiger partial charge in [-0.15, -0.1) is 0 Å². The van der Waals surface area contributed by atoms with Gasteiger partial charge in [-0.1, -0.05) is 32.1 Å². The lowest BCUT2D eigenvalue weighted by Gasteiger charge is -2.29. The maximum absolute atomic E-state index is 11.5. The van der Waals surface area contributed by atoms with Crippen molar-refractivity contribution in [3.63, 3.8) is 0 Å². The average molecular weight is 264 g/mol. The second kappa shape index (κ2) is 6.20. The maximum atomic E-state index is 11.5. The van der Waals surface area contributed by atoms with Crippen LogP contribution in [-0.4, -0.2) is 36.4 Å². The zero-order valence-corrected chi connectivity index (χ0v) is 10.9. The molecule has 0 aromatic heterocycles. The Labute approximate surface area is 102 Å². The smallest absolute Gasteiger partial charge is 0.340 e. The van der Waals surface area contributed by atoms with Gasteiger partial charge in [0, 0.05) is 7.05 Å². The van der Waals surface area contributed by atoms with E-state index in [-0.39, 0.29) is 0 Å². The molecule has 0 aliphatic heterocycles. The van der Waals surface area contributed by atoms with E-state index >= 15 is 0 Å². The van der Waals surface area contributed by atoms with Crippen LogP contribution >= 0.6 is 0 Å². The first-order valence-electron chi connectivity index (χ1n) is 5.95. The molecule has 2 amide bonds. The lowest BCUT2D eigenvalue weighted by atomic mass is 9.97. The lowest BCUT2D eigenvalue weighted by Crippen LogP contribution is -2.48. The number of nitrogens with zero attached hydrogens (tertiary/aromatic N) is 1. The fourth-order valence-corrected chi connectivity index (χ4v) is 3.13. The largest absolute Gasteiger partial charge is 0.363 e. The van der Waals surface area contributed by atoms with Crippen LogP contribution in [0.15, 0.2) is 0 Å². The molecule has 0 aromatic carbocycles. The van der Waals surface area contributed by atoms with E-state index in [4.69, 9.17) is 4.55 Å². The number of hydrogen-bond donors (Lipinski definition) is 2. The van der Waals surface area contributed by atoms with Crippen LogP contribution in [-0.2, 0) is 10.3 Å². The molecule has 0 radical (unpaired) electrons. The van der Waals surface area contributed by atoms with Crippen molar-refractivity contribution < 1.29 is 17.8 Å². The van der Waals surface area contributed by atoms with Crippen molar-refractivity contribution in [2.45, 2.75) is 51.0 Å². The van der Waals surface area contributed by atoms with Crippen molar-refractivity contribution in [2.24, 2.45) is 0 Å². The summed E-state index contributed by atoms with van der Waals surface area (Å²) in [7, 11) is -3.13. The average Bonchev–Trinajstić information content (AvgIpc) is 2.19. The van der Waals surface area contributed by atoms with Gasteiger partial charge in [0.05, 0.1) is 6.04 Å². The van der Waals surface area contributed by atoms with Crippen LogP contribution in [0.2, 0.25) is 0 Å². The van der Waals surface area contributed by atoms with Crippen LogP contribution in [0.25, 0.3) is 0 Å². The molecule has 1 saturated carbocycles. The number of carbonyl (C=O) groups is 1. The second-order valence-corrected chi connectivity index (χ2v) is 5.62. The molecular formula is C10H20N2O4S. The molecule has 0 atom stereocenters. The van der Waals surface area contributed by atoms with Gasteiger partial charge in [0.1, 0.15) is 0 Å². The molecule has 2 N–H and O–H groups in total. The topological polar surface area (TPSA) is 86.7 Å². The predicted octanol–water partition coefficient (Wildman–Crippen LogP) is 1.54. The first kappa shape index (κ1) is 14.2. The third-order valence-electron chi connectivity index (χ3n) is 3.07. The molecule has 1 aliphatic carbocycles. The first-order valence-corrected chi connectivity index (χ1v) is 7.35. The van der Waals surface area contributed by atoms with E-state index in [0.29, 0.717) is 17.1 Å². The minimum atomic E-state index is -4.48. The fraction of sp³-hybridized carbons (Fsp3) is 0.900. The van der Waals surface area contributed by atoms with E-state index in [1.54, 1.807) is 0 Å². The van der Waals surface area contributed by atoms with Crippen LogP contribution in [0.5, 0.6) is 0 Å². The van der Waals surface area contributed by atoms with Crippen LogP contribution in [0.3, 0.4) is 0 Å². The highest BCUT2D eigenvalue weighted by molar-refractivity contribution is 7.84. The van der Waals surface area contributed by atoms with Crippen molar-refractivity contribution in [3.05, 3.63) is 0 Å². The monoisotopic (exact) mass is 264 g/mol. The number of amides is 2. The predicted molar refractivity (Wildman–Crippen MR) is 64.0 cm³/mol. The minimum absolute atomic E-state index is 0.426. The van der Waals surface area contributed by atoms with E-state index < -0.39 is 22.4 Å². The van der Waals surface area contributed by atoms with Crippen molar-refractivity contribution in [1.29, 1.82) is 0 Å². The van der Waals surface area contributed by atoms with Gasteiger partial charge in [-0.25, -0.2) is 4.79 Å². The van der Waals surface area contributed by atoms with E-state index in [2.05, 4.69) is 5.32 Å². The summed E-state index contributed by atoms with van der Waals surface area (Å²) in [6.45, 7) is 0. The highest BCUT2D eigenvalue weighted by Crippen LogP contribution is 2.23. The first-order chi connectivity index (χ1) is 7.96. The summed E-state index contributed by atoms with van der Waals surface area (Å²) >= 11 is 0. The van der Waals surface area contributed by atoms with Crippen LogP contribution < -0.4 is 5.32 Å². The van der Waals surface area contributed by atoms with Gasteiger partial charge < -0.3 is 5.32 Å². The summed E-state index contributed by atoms with van der Waals surface area (Å²) in [6.07, 6.45) is 6.24. The summed E-state index contributed by atoms with van der Waals surface area (Å²) in [4.78, 5) is 11.5. The molecule has 1 fully saturated rings. The number of urea groups is 1. The van der Waals surface area contributed by atoms with Crippen molar-refractivity contribution in [2.75, 3.05) is 7.05 Å². The Morgan fingerprint density at radius 2 is 1.65 bits per heavy atom. The standard InChI is InChI=1S/C10H20N2O4S/c1-11-10(13)12(17(14,15)16)9-7-5-3-2-4-6-8-9/h9H,2-8H2,1H3,(H,11,13)(H,14,15,16). The molecule has 0 bridgehead atoms. The SMILES string of the molecule is CNC(=O)N(C1CCCCCCC1)S(=O)(=O)O. The van der Waals surface area contributed by atoms with E-state index in [0.717, 1.165) is 32.1 Å². The highest BCUT2D eigenvalue weighted by atomic mass is 32.2. The summed E-state index contributed by atoms with van der Waals surface area (Å²) in [5, 5.41) is 2.25. The van der Waals surface area contributed by atoms with E-state index in [1.807, 2.05) is 0 Å². The molecule has 0 aromatic rings. The van der Waals surface area contributed by atoms with Gasteiger partial charge in [0.2, 0.25) is 0 Å². The number of hydrogen-bond acceptors (Lipinski definition) is 3. The molecule has 1 rings (SSSR count). The molecule has 7 heteroatoms. The molecule has 0 spiro atoms. The van der Waals surface area contributed by atoms with Gasteiger partial charge in [-0.2, -0.15) is 12.7 Å². The van der Waals surface area contributed by atoms with Crippen molar-refractivity contribution in [3.8, 4) is 0 Å². The minimum Gasteiger partial charge on any atom is -0.340 e. The highest BCUT2D eigenvalue weighted by Gasteiger charge is 2.32. The zero-order valence-electron chi connectivity index (χ0n) is 10.1. The molecule has 0 heterocycles. The molecule has 6 nitrogen and oxygen atoms in total. The molecule has 17 heavy (non-hydrogen) atoms. The summed E-state index contributed by atoms with van der Waals surface area (Å²) in [6, 6.07) is -1.19. The second-order valence-electron chi connectivity index (χ2n) is 4.33. The normalized spacial score (nSPS) is 19.2. The van der Waals surface area contributed by atoms with Gasteiger partial charge in [-0.05, 0) is 12.8 Å². The third kappa shape index (κ3) is 4.16. The van der Waals surface area contributed by atoms with Crippen LogP contribution in [0, 0.1) is 0 Å². The molecule has 0 saturated heterocycles. The Morgan fingerprint density at radius 1 is 1.18 bits per heavy atom. The van der Waals surface area contributed by atoms with Gasteiger partial charge in [0.15, 0.2) is 0 Å². The van der Waals surface area contributed by atoms with Gasteiger partial charge in [0.25, 0.3) is 0 Å².